The highest BCUT2D eigenvalue weighted by Gasteiger charge is 2.12. The average Bonchev–Trinajstić information content (AvgIpc) is 2.25. The van der Waals surface area contributed by atoms with Crippen molar-refractivity contribution in [2.45, 2.75) is 12.2 Å². The predicted octanol–water partition coefficient (Wildman–Crippen LogP) is 1.53. The van der Waals surface area contributed by atoms with Crippen LogP contribution in [0.25, 0.3) is 0 Å². The number of hydrogen-bond donors (Lipinski definition) is 2. The number of hydrogen-bond acceptors (Lipinski definition) is 3. The number of rotatable bonds is 4. The summed E-state index contributed by atoms with van der Waals surface area (Å²) >= 11 is 3.27. The molecule has 3 N–H and O–H groups in total. The summed E-state index contributed by atoms with van der Waals surface area (Å²) in [5.41, 5.74) is 6.59. The van der Waals surface area contributed by atoms with E-state index in [1.165, 1.54) is 0 Å². The Morgan fingerprint density at radius 2 is 2.24 bits per heavy atom. The lowest BCUT2D eigenvalue weighted by Gasteiger charge is -2.11. The molecule has 0 aliphatic heterocycles. The van der Waals surface area contributed by atoms with Gasteiger partial charge in [0.15, 0.2) is 0 Å². The number of benzene rings is 1. The molecule has 2 atom stereocenters. The molecule has 6 heteroatoms. The van der Waals surface area contributed by atoms with Crippen LogP contribution in [0.4, 0.5) is 5.69 Å². The molecule has 0 fully saturated rings. The van der Waals surface area contributed by atoms with Crippen LogP contribution in [-0.4, -0.2) is 28.2 Å². The number of nitrogens with two attached hydrogens (primary N) is 1. The van der Waals surface area contributed by atoms with Crippen LogP contribution < -0.4 is 11.1 Å². The van der Waals surface area contributed by atoms with Gasteiger partial charge in [0.25, 0.3) is 5.91 Å². The van der Waals surface area contributed by atoms with Gasteiger partial charge in [0.2, 0.25) is 0 Å². The van der Waals surface area contributed by atoms with Gasteiger partial charge in [-0.15, -0.1) is 0 Å². The van der Waals surface area contributed by atoms with Crippen molar-refractivity contribution in [2.24, 2.45) is 0 Å². The average molecular weight is 319 g/mol. The minimum atomic E-state index is -0.946. The monoisotopic (exact) mass is 318 g/mol. The first-order valence-electron chi connectivity index (χ1n) is 5.07. The first-order chi connectivity index (χ1) is 7.91. The molecular weight excluding hydrogens is 304 g/mol. The van der Waals surface area contributed by atoms with Crippen LogP contribution in [0, 0.1) is 0 Å². The first-order valence-corrected chi connectivity index (χ1v) is 7.48. The van der Waals surface area contributed by atoms with Crippen molar-refractivity contribution in [2.75, 3.05) is 18.5 Å². The fourth-order valence-corrected chi connectivity index (χ4v) is 1.89. The second-order valence-corrected chi connectivity index (χ2v) is 6.47. The van der Waals surface area contributed by atoms with E-state index in [9.17, 15) is 9.00 Å². The summed E-state index contributed by atoms with van der Waals surface area (Å²) in [7, 11) is -0.946. The molecule has 0 aliphatic carbocycles. The molecule has 4 nitrogen and oxygen atoms in total. The Morgan fingerprint density at radius 3 is 2.76 bits per heavy atom. The summed E-state index contributed by atoms with van der Waals surface area (Å²) in [6, 6.07) is 5.09. The van der Waals surface area contributed by atoms with E-state index < -0.39 is 10.8 Å². The molecule has 0 saturated carbocycles. The van der Waals surface area contributed by atoms with Gasteiger partial charge in [-0.3, -0.25) is 9.00 Å². The fourth-order valence-electron chi connectivity index (χ4n) is 1.19. The first kappa shape index (κ1) is 14.2. The van der Waals surface area contributed by atoms with Crippen molar-refractivity contribution in [3.05, 3.63) is 28.2 Å². The predicted molar refractivity (Wildman–Crippen MR) is 74.4 cm³/mol. The van der Waals surface area contributed by atoms with Gasteiger partial charge in [-0.05, 0) is 25.1 Å². The number of halogens is 1. The van der Waals surface area contributed by atoms with E-state index in [0.717, 1.165) is 4.47 Å². The Kier molecular flexibility index (Phi) is 5.14. The maximum absolute atomic E-state index is 11.8. The zero-order valence-corrected chi connectivity index (χ0v) is 12.1. The molecule has 2 unspecified atom stereocenters. The largest absolute Gasteiger partial charge is 0.398 e. The van der Waals surface area contributed by atoms with Gasteiger partial charge in [0, 0.05) is 39.0 Å². The Labute approximate surface area is 112 Å². The zero-order chi connectivity index (χ0) is 13.0. The van der Waals surface area contributed by atoms with E-state index in [1.807, 2.05) is 6.92 Å². The van der Waals surface area contributed by atoms with E-state index >= 15 is 0 Å². The fraction of sp³-hybridized carbons (Fsp3) is 0.364. The van der Waals surface area contributed by atoms with Crippen LogP contribution in [0.3, 0.4) is 0 Å². The topological polar surface area (TPSA) is 72.2 Å². The number of amides is 1. The molecule has 0 spiro atoms. The molecule has 0 saturated heterocycles. The maximum Gasteiger partial charge on any atom is 0.253 e. The molecule has 1 amide bonds. The molecule has 17 heavy (non-hydrogen) atoms. The van der Waals surface area contributed by atoms with Crippen LogP contribution in [0.1, 0.15) is 17.3 Å². The normalized spacial score (nSPS) is 14.1. The highest BCUT2D eigenvalue weighted by molar-refractivity contribution is 9.10. The highest BCUT2D eigenvalue weighted by Crippen LogP contribution is 2.18. The number of anilines is 1. The van der Waals surface area contributed by atoms with E-state index in [-0.39, 0.29) is 11.2 Å². The summed E-state index contributed by atoms with van der Waals surface area (Å²) < 4.78 is 12.0. The summed E-state index contributed by atoms with van der Waals surface area (Å²) in [4.78, 5) is 11.8. The number of carbonyl (C=O) groups is 1. The third kappa shape index (κ3) is 4.12. The second kappa shape index (κ2) is 6.16. The summed E-state index contributed by atoms with van der Waals surface area (Å²) in [6.45, 7) is 2.19. The van der Waals surface area contributed by atoms with Gasteiger partial charge in [-0.2, -0.15) is 0 Å². The minimum absolute atomic E-state index is 0.0735. The molecular formula is C11H15BrN2O2S. The Bertz CT molecular complexity index is 451. The van der Waals surface area contributed by atoms with E-state index in [4.69, 9.17) is 5.73 Å². The van der Waals surface area contributed by atoms with Crippen molar-refractivity contribution in [3.63, 3.8) is 0 Å². The van der Waals surface area contributed by atoms with Crippen LogP contribution in [0.2, 0.25) is 0 Å². The van der Waals surface area contributed by atoms with Crippen LogP contribution in [-0.2, 0) is 10.8 Å². The Hall–Kier alpha value is -0.880. The van der Waals surface area contributed by atoms with Crippen LogP contribution in [0.15, 0.2) is 22.7 Å². The zero-order valence-electron chi connectivity index (χ0n) is 9.70. The molecule has 1 aromatic rings. The van der Waals surface area contributed by atoms with Crippen molar-refractivity contribution >= 4 is 38.3 Å². The third-order valence-electron chi connectivity index (χ3n) is 2.37. The van der Waals surface area contributed by atoms with Gasteiger partial charge < -0.3 is 11.1 Å². The molecule has 0 bridgehead atoms. The molecule has 94 valence electrons. The third-order valence-corrected chi connectivity index (χ3v) is 4.17. The SMILES string of the molecule is CC(CNC(=O)c1ccc(Br)cc1N)S(C)=O. The number of carbonyl (C=O) groups excluding carboxylic acids is 1. The lowest BCUT2D eigenvalue weighted by Crippen LogP contribution is -2.32. The maximum atomic E-state index is 11.8. The summed E-state index contributed by atoms with van der Waals surface area (Å²) in [6.07, 6.45) is 1.62. The Morgan fingerprint density at radius 1 is 1.59 bits per heavy atom. The standard InChI is InChI=1S/C11H15BrN2O2S/c1-7(17(2)16)6-14-11(15)9-4-3-8(12)5-10(9)13/h3-5,7H,6,13H2,1-2H3,(H,14,15). The van der Waals surface area contributed by atoms with Gasteiger partial charge in [0.05, 0.1) is 5.56 Å². The van der Waals surface area contributed by atoms with Gasteiger partial charge in [-0.1, -0.05) is 15.9 Å². The van der Waals surface area contributed by atoms with E-state index in [2.05, 4.69) is 21.2 Å². The van der Waals surface area contributed by atoms with Crippen LogP contribution in [0.5, 0.6) is 0 Å². The van der Waals surface area contributed by atoms with Gasteiger partial charge >= 0.3 is 0 Å². The quantitative estimate of drug-likeness (QED) is 0.827. The van der Waals surface area contributed by atoms with Crippen LogP contribution >= 0.6 is 15.9 Å². The molecule has 0 radical (unpaired) electrons. The summed E-state index contributed by atoms with van der Waals surface area (Å²) in [5.74, 6) is -0.243. The number of nitrogen functional groups attached to an aromatic ring is 1. The summed E-state index contributed by atoms with van der Waals surface area (Å²) in [5, 5.41) is 2.64. The lowest BCUT2D eigenvalue weighted by molar-refractivity contribution is 0.0955. The molecule has 0 heterocycles. The smallest absolute Gasteiger partial charge is 0.253 e. The Balaban J connectivity index is 2.67. The van der Waals surface area contributed by atoms with Gasteiger partial charge in [-0.25, -0.2) is 0 Å². The van der Waals surface area contributed by atoms with E-state index in [1.54, 1.807) is 24.5 Å². The van der Waals surface area contributed by atoms with Crippen molar-refractivity contribution in [1.82, 2.24) is 5.32 Å². The molecule has 0 aliphatic rings. The van der Waals surface area contributed by atoms with Crippen molar-refractivity contribution in [3.8, 4) is 0 Å². The highest BCUT2D eigenvalue weighted by atomic mass is 79.9. The molecule has 0 aromatic heterocycles. The molecule has 1 rings (SSSR count). The van der Waals surface area contributed by atoms with E-state index in [0.29, 0.717) is 17.8 Å². The number of nitrogens with one attached hydrogen (secondary N) is 1. The van der Waals surface area contributed by atoms with Crippen molar-refractivity contribution in [1.29, 1.82) is 0 Å². The minimum Gasteiger partial charge on any atom is -0.398 e. The lowest BCUT2D eigenvalue weighted by atomic mass is 10.1. The van der Waals surface area contributed by atoms with Gasteiger partial charge in [0.1, 0.15) is 0 Å². The van der Waals surface area contributed by atoms with Crippen molar-refractivity contribution < 1.29 is 9.00 Å². The molecule has 1 aromatic carbocycles. The second-order valence-electron chi connectivity index (χ2n) is 3.75.